The van der Waals surface area contributed by atoms with Crippen molar-refractivity contribution < 1.29 is 14.2 Å². The predicted molar refractivity (Wildman–Crippen MR) is 121 cm³/mol. The van der Waals surface area contributed by atoms with Gasteiger partial charge in [-0.3, -0.25) is 10.00 Å². The SMILES string of the molecule is COCc1ccc(OC)c(CN2CCC(c3cc(COc4ccc(Cl)cc4)[nH]n3)C2)c1. The van der Waals surface area contributed by atoms with E-state index in [9.17, 15) is 0 Å². The quantitative estimate of drug-likeness (QED) is 0.517. The maximum Gasteiger partial charge on any atom is 0.130 e. The molecule has 7 heteroatoms. The lowest BCUT2D eigenvalue weighted by Gasteiger charge is -2.18. The molecule has 1 atom stereocenters. The maximum absolute atomic E-state index is 5.92. The molecule has 1 aromatic heterocycles. The van der Waals surface area contributed by atoms with E-state index in [1.807, 2.05) is 30.3 Å². The highest BCUT2D eigenvalue weighted by molar-refractivity contribution is 6.30. The van der Waals surface area contributed by atoms with Crippen LogP contribution >= 0.6 is 11.6 Å². The number of benzene rings is 2. The number of rotatable bonds is 9. The molecule has 1 unspecified atom stereocenters. The van der Waals surface area contributed by atoms with Gasteiger partial charge in [0.25, 0.3) is 0 Å². The first kappa shape index (κ1) is 21.7. The second-order valence-electron chi connectivity index (χ2n) is 7.86. The van der Waals surface area contributed by atoms with E-state index in [2.05, 4.69) is 33.3 Å². The van der Waals surface area contributed by atoms with Gasteiger partial charge in [0.2, 0.25) is 0 Å². The van der Waals surface area contributed by atoms with Gasteiger partial charge in [0.15, 0.2) is 0 Å². The highest BCUT2D eigenvalue weighted by atomic mass is 35.5. The van der Waals surface area contributed by atoms with Crippen LogP contribution in [0.1, 0.15) is 34.9 Å². The molecule has 0 aliphatic carbocycles. The van der Waals surface area contributed by atoms with E-state index in [4.69, 9.17) is 25.8 Å². The Hall–Kier alpha value is -2.54. The average Bonchev–Trinajstić information content (AvgIpc) is 3.43. The second-order valence-corrected chi connectivity index (χ2v) is 8.30. The molecule has 2 aromatic carbocycles. The van der Waals surface area contributed by atoms with Crippen LogP contribution in [0, 0.1) is 0 Å². The fourth-order valence-corrected chi connectivity index (χ4v) is 4.15. The third kappa shape index (κ3) is 5.58. The van der Waals surface area contributed by atoms with E-state index in [0.717, 1.165) is 54.5 Å². The minimum absolute atomic E-state index is 0.411. The Labute approximate surface area is 188 Å². The number of nitrogens with zero attached hydrogens (tertiary/aromatic N) is 2. The average molecular weight is 442 g/mol. The summed E-state index contributed by atoms with van der Waals surface area (Å²) in [6.45, 7) is 3.92. The third-order valence-electron chi connectivity index (χ3n) is 5.60. The lowest BCUT2D eigenvalue weighted by atomic mass is 10.1. The van der Waals surface area contributed by atoms with Crippen LogP contribution in [0.15, 0.2) is 48.5 Å². The van der Waals surface area contributed by atoms with E-state index in [0.29, 0.717) is 24.2 Å². The van der Waals surface area contributed by atoms with Crippen LogP contribution in [-0.4, -0.2) is 42.4 Å². The van der Waals surface area contributed by atoms with Crippen LogP contribution in [-0.2, 0) is 24.5 Å². The first-order valence-electron chi connectivity index (χ1n) is 10.4. The minimum Gasteiger partial charge on any atom is -0.496 e. The molecule has 1 N–H and O–H groups in total. The van der Waals surface area contributed by atoms with Crippen molar-refractivity contribution in [2.75, 3.05) is 27.3 Å². The molecule has 164 valence electrons. The summed E-state index contributed by atoms with van der Waals surface area (Å²) in [5.74, 6) is 2.12. The Morgan fingerprint density at radius 2 is 1.94 bits per heavy atom. The zero-order valence-corrected chi connectivity index (χ0v) is 18.7. The normalized spacial score (nSPS) is 16.5. The van der Waals surface area contributed by atoms with Crippen molar-refractivity contribution in [2.45, 2.75) is 32.1 Å². The molecule has 1 fully saturated rings. The van der Waals surface area contributed by atoms with Crippen molar-refractivity contribution in [1.82, 2.24) is 15.1 Å². The molecule has 0 bridgehead atoms. The van der Waals surface area contributed by atoms with E-state index < -0.39 is 0 Å². The molecule has 0 spiro atoms. The fourth-order valence-electron chi connectivity index (χ4n) is 4.02. The fraction of sp³-hybridized carbons (Fsp3) is 0.375. The topological polar surface area (TPSA) is 59.6 Å². The van der Waals surface area contributed by atoms with E-state index in [-0.39, 0.29) is 0 Å². The highest BCUT2D eigenvalue weighted by Gasteiger charge is 2.26. The van der Waals surface area contributed by atoms with Gasteiger partial charge in [-0.05, 0) is 61.0 Å². The summed E-state index contributed by atoms with van der Waals surface area (Å²) in [4.78, 5) is 2.46. The highest BCUT2D eigenvalue weighted by Crippen LogP contribution is 2.30. The molecule has 3 aromatic rings. The van der Waals surface area contributed by atoms with Gasteiger partial charge in [-0.25, -0.2) is 0 Å². The zero-order chi connectivity index (χ0) is 21.6. The Kier molecular flexibility index (Phi) is 7.12. The summed E-state index contributed by atoms with van der Waals surface area (Å²) in [6, 6.07) is 15.7. The Balaban J connectivity index is 1.34. The summed E-state index contributed by atoms with van der Waals surface area (Å²) < 4.78 is 16.7. The van der Waals surface area contributed by atoms with Crippen molar-refractivity contribution in [3.05, 3.63) is 76.1 Å². The molecule has 31 heavy (non-hydrogen) atoms. The van der Waals surface area contributed by atoms with E-state index in [1.54, 1.807) is 14.2 Å². The molecule has 1 aliphatic heterocycles. The van der Waals surface area contributed by atoms with Gasteiger partial charge in [-0.2, -0.15) is 5.10 Å². The number of ether oxygens (including phenoxy) is 3. The molecule has 0 saturated carbocycles. The number of nitrogens with one attached hydrogen (secondary N) is 1. The summed E-state index contributed by atoms with van der Waals surface area (Å²) in [5.41, 5.74) is 4.41. The van der Waals surface area contributed by atoms with Crippen LogP contribution < -0.4 is 9.47 Å². The number of aromatic nitrogens is 2. The van der Waals surface area contributed by atoms with Crippen LogP contribution in [0.25, 0.3) is 0 Å². The molecule has 0 radical (unpaired) electrons. The van der Waals surface area contributed by atoms with Gasteiger partial charge >= 0.3 is 0 Å². The number of hydrogen-bond donors (Lipinski definition) is 1. The Bertz CT molecular complexity index is 990. The molecule has 2 heterocycles. The maximum atomic E-state index is 5.92. The van der Waals surface area contributed by atoms with Crippen molar-refractivity contribution in [3.8, 4) is 11.5 Å². The number of H-pyrrole nitrogens is 1. The molecule has 4 rings (SSSR count). The standard InChI is InChI=1S/C24H28ClN3O3/c1-29-15-17-3-8-24(30-2)19(11-17)14-28-10-9-18(13-28)23-12-21(26-27-23)16-31-22-6-4-20(25)5-7-22/h3-8,11-12,18H,9-10,13-16H2,1-2H3,(H,26,27). The molecule has 0 amide bonds. The second kappa shape index (κ2) is 10.2. The summed E-state index contributed by atoms with van der Waals surface area (Å²) in [5, 5.41) is 8.36. The van der Waals surface area contributed by atoms with Crippen LogP contribution in [0.5, 0.6) is 11.5 Å². The Morgan fingerprint density at radius 3 is 2.71 bits per heavy atom. The Morgan fingerprint density at radius 1 is 1.10 bits per heavy atom. The van der Waals surface area contributed by atoms with Crippen molar-refractivity contribution in [2.24, 2.45) is 0 Å². The number of likely N-dealkylation sites (tertiary alicyclic amines) is 1. The van der Waals surface area contributed by atoms with Gasteiger partial charge in [0.05, 0.1) is 25.1 Å². The first-order chi connectivity index (χ1) is 15.1. The van der Waals surface area contributed by atoms with E-state index in [1.165, 1.54) is 5.56 Å². The number of aromatic amines is 1. The number of hydrogen-bond acceptors (Lipinski definition) is 5. The van der Waals surface area contributed by atoms with Gasteiger partial charge in [-0.15, -0.1) is 0 Å². The molecular formula is C24H28ClN3O3. The number of methoxy groups -OCH3 is 2. The van der Waals surface area contributed by atoms with Crippen molar-refractivity contribution >= 4 is 11.6 Å². The molecule has 1 aliphatic rings. The molecular weight excluding hydrogens is 414 g/mol. The largest absolute Gasteiger partial charge is 0.496 e. The number of halogens is 1. The van der Waals surface area contributed by atoms with Crippen molar-refractivity contribution in [1.29, 1.82) is 0 Å². The van der Waals surface area contributed by atoms with Crippen LogP contribution in [0.4, 0.5) is 0 Å². The van der Waals surface area contributed by atoms with E-state index >= 15 is 0 Å². The monoisotopic (exact) mass is 441 g/mol. The lowest BCUT2D eigenvalue weighted by Crippen LogP contribution is -2.20. The van der Waals surface area contributed by atoms with Gasteiger partial charge < -0.3 is 14.2 Å². The van der Waals surface area contributed by atoms with Gasteiger partial charge in [-0.1, -0.05) is 17.7 Å². The van der Waals surface area contributed by atoms with Gasteiger partial charge in [0, 0.05) is 36.7 Å². The molecule has 1 saturated heterocycles. The van der Waals surface area contributed by atoms with Crippen LogP contribution in [0.2, 0.25) is 5.02 Å². The smallest absolute Gasteiger partial charge is 0.130 e. The molecule has 6 nitrogen and oxygen atoms in total. The van der Waals surface area contributed by atoms with Gasteiger partial charge in [0.1, 0.15) is 18.1 Å². The lowest BCUT2D eigenvalue weighted by molar-refractivity contribution is 0.184. The first-order valence-corrected chi connectivity index (χ1v) is 10.8. The summed E-state index contributed by atoms with van der Waals surface area (Å²) in [7, 11) is 3.44. The van der Waals surface area contributed by atoms with Crippen LogP contribution in [0.3, 0.4) is 0 Å². The minimum atomic E-state index is 0.411. The van der Waals surface area contributed by atoms with Crippen molar-refractivity contribution in [3.63, 3.8) is 0 Å². The zero-order valence-electron chi connectivity index (χ0n) is 17.9. The third-order valence-corrected chi connectivity index (χ3v) is 5.85. The predicted octanol–water partition coefficient (Wildman–Crippen LogP) is 4.79. The summed E-state index contributed by atoms with van der Waals surface area (Å²) >= 11 is 5.92. The summed E-state index contributed by atoms with van der Waals surface area (Å²) in [6.07, 6.45) is 1.09.